The highest BCUT2D eigenvalue weighted by molar-refractivity contribution is 5.70. The van der Waals surface area contributed by atoms with Crippen molar-refractivity contribution >= 4 is 17.9 Å². The number of carboxylic acid groups (broad SMARTS) is 1. The molecule has 9 heteroatoms. The van der Waals surface area contributed by atoms with Crippen molar-refractivity contribution in [3.63, 3.8) is 0 Å². The Morgan fingerprint density at radius 3 is 0.899 bits per heavy atom. The molecule has 0 saturated carbocycles. The second kappa shape index (κ2) is 68.6. The molecule has 0 N–H and O–H groups in total. The third kappa shape index (κ3) is 70.0. The average molecular weight is 1230 g/mol. The fraction of sp³-hybridized carbons (Fsp3) is 0.613. The maximum Gasteiger partial charge on any atom is 0.306 e. The van der Waals surface area contributed by atoms with Gasteiger partial charge in [-0.3, -0.25) is 9.59 Å². The van der Waals surface area contributed by atoms with Crippen molar-refractivity contribution in [1.82, 2.24) is 0 Å². The molecular weight excluding hydrogens is 1100 g/mol. The van der Waals surface area contributed by atoms with Gasteiger partial charge >= 0.3 is 11.9 Å². The summed E-state index contributed by atoms with van der Waals surface area (Å²) in [5, 5.41) is 11.8. The van der Waals surface area contributed by atoms with Crippen molar-refractivity contribution in [1.29, 1.82) is 0 Å². The normalized spacial score (nSPS) is 13.8. The van der Waals surface area contributed by atoms with Crippen molar-refractivity contribution in [3.8, 4) is 0 Å². The Hall–Kier alpha value is -5.35. The number of aliphatic carboxylic acids is 1. The summed E-state index contributed by atoms with van der Waals surface area (Å²) in [6, 6.07) is 0. The van der Waals surface area contributed by atoms with Gasteiger partial charge in [0.1, 0.15) is 13.2 Å². The number of allylic oxidation sites excluding steroid dienone is 28. The van der Waals surface area contributed by atoms with E-state index >= 15 is 0 Å². The number of carbonyl (C=O) groups is 3. The van der Waals surface area contributed by atoms with Crippen LogP contribution in [0.2, 0.25) is 0 Å². The van der Waals surface area contributed by atoms with E-state index in [1.165, 1.54) is 77.0 Å². The Labute approximate surface area is 546 Å². The van der Waals surface area contributed by atoms with E-state index in [0.29, 0.717) is 17.4 Å². The largest absolute Gasteiger partial charge is 0.545 e. The highest BCUT2D eigenvalue weighted by Gasteiger charge is 2.22. The van der Waals surface area contributed by atoms with Crippen LogP contribution in [0, 0.1) is 0 Å². The molecule has 9 nitrogen and oxygen atoms in total. The monoisotopic (exact) mass is 1230 g/mol. The number of carbonyl (C=O) groups excluding carboxylic acids is 3. The molecule has 0 aliphatic heterocycles. The maximum atomic E-state index is 12.9. The lowest BCUT2D eigenvalue weighted by atomic mass is 10.0. The molecule has 0 fully saturated rings. The van der Waals surface area contributed by atoms with Gasteiger partial charge < -0.3 is 33.3 Å². The summed E-state index contributed by atoms with van der Waals surface area (Å²) in [7, 11) is 5.92. The molecule has 0 spiro atoms. The van der Waals surface area contributed by atoms with Crippen LogP contribution < -0.4 is 5.11 Å². The second-order valence-electron chi connectivity index (χ2n) is 24.1. The molecule has 0 amide bonds. The third-order valence-electron chi connectivity index (χ3n) is 14.5. The van der Waals surface area contributed by atoms with Crippen LogP contribution in [0.1, 0.15) is 258 Å². The lowest BCUT2D eigenvalue weighted by Crippen LogP contribution is -2.44. The average Bonchev–Trinajstić information content (AvgIpc) is 3.64. The van der Waals surface area contributed by atoms with Crippen LogP contribution in [0.3, 0.4) is 0 Å². The van der Waals surface area contributed by atoms with E-state index in [1.807, 2.05) is 21.1 Å². The summed E-state index contributed by atoms with van der Waals surface area (Å²) < 4.78 is 22.8. The van der Waals surface area contributed by atoms with E-state index in [-0.39, 0.29) is 38.6 Å². The van der Waals surface area contributed by atoms with E-state index in [1.54, 1.807) is 0 Å². The van der Waals surface area contributed by atoms with Crippen LogP contribution in [0.5, 0.6) is 0 Å². The Morgan fingerprint density at radius 2 is 0.607 bits per heavy atom. The number of carboxylic acids is 1. The zero-order valence-electron chi connectivity index (χ0n) is 57.2. The first kappa shape index (κ1) is 83.7. The number of likely N-dealkylation sites (N-methyl/N-ethyl adjacent to an activating group) is 1. The van der Waals surface area contributed by atoms with E-state index in [9.17, 15) is 19.5 Å². The predicted octanol–water partition coefficient (Wildman–Crippen LogP) is 20.9. The molecule has 0 bridgehead atoms. The van der Waals surface area contributed by atoms with Gasteiger partial charge in [-0.05, 0) is 128 Å². The Morgan fingerprint density at radius 1 is 0.337 bits per heavy atom. The number of hydrogen-bond acceptors (Lipinski definition) is 8. The van der Waals surface area contributed by atoms with Crippen molar-refractivity contribution in [2.24, 2.45) is 0 Å². The maximum absolute atomic E-state index is 12.9. The number of ether oxygens (including phenoxy) is 4. The minimum atomic E-state index is -1.64. The zero-order chi connectivity index (χ0) is 64.7. The summed E-state index contributed by atoms with van der Waals surface area (Å²) in [4.78, 5) is 37.5. The van der Waals surface area contributed by atoms with Crippen molar-refractivity contribution in [3.05, 3.63) is 170 Å². The first-order valence-electron chi connectivity index (χ1n) is 35.3. The summed E-state index contributed by atoms with van der Waals surface area (Å²) in [6.45, 7) is 4.50. The van der Waals surface area contributed by atoms with Crippen LogP contribution in [0.4, 0.5) is 0 Å². The van der Waals surface area contributed by atoms with Crippen molar-refractivity contribution < 1.29 is 42.9 Å². The molecule has 0 heterocycles. The van der Waals surface area contributed by atoms with Crippen molar-refractivity contribution in [2.45, 2.75) is 270 Å². The fourth-order valence-corrected chi connectivity index (χ4v) is 9.14. The minimum absolute atomic E-state index is 0.137. The molecule has 0 aromatic rings. The number of unbranched alkanes of at least 4 members (excludes halogenated alkanes) is 20. The molecule has 0 rings (SSSR count). The van der Waals surface area contributed by atoms with Crippen LogP contribution in [0.15, 0.2) is 170 Å². The number of nitrogens with zero attached hydrogens (tertiary/aromatic N) is 1. The van der Waals surface area contributed by atoms with Gasteiger partial charge in [0.25, 0.3) is 0 Å². The van der Waals surface area contributed by atoms with Crippen LogP contribution in [-0.4, -0.2) is 82.3 Å². The van der Waals surface area contributed by atoms with Crippen LogP contribution in [0.25, 0.3) is 0 Å². The molecule has 0 saturated heterocycles. The second-order valence-corrected chi connectivity index (χ2v) is 24.1. The topological polar surface area (TPSA) is 111 Å². The molecule has 0 aliphatic rings. The Balaban J connectivity index is 4.20. The molecule has 2 atom stereocenters. The van der Waals surface area contributed by atoms with Crippen LogP contribution >= 0.6 is 0 Å². The smallest absolute Gasteiger partial charge is 0.306 e. The first-order valence-corrected chi connectivity index (χ1v) is 35.3. The fourth-order valence-electron chi connectivity index (χ4n) is 9.14. The molecule has 0 aromatic carbocycles. The van der Waals surface area contributed by atoms with E-state index in [0.717, 1.165) is 148 Å². The molecule has 2 unspecified atom stereocenters. The summed E-state index contributed by atoms with van der Waals surface area (Å²) in [5.41, 5.74) is 0. The zero-order valence-corrected chi connectivity index (χ0v) is 57.2. The summed E-state index contributed by atoms with van der Waals surface area (Å²) in [6.07, 6.45) is 99.9. The molecule has 89 heavy (non-hydrogen) atoms. The molecule has 0 radical (unpaired) electrons. The first-order chi connectivity index (χ1) is 43.6. The number of hydrogen-bond donors (Lipinski definition) is 0. The van der Waals surface area contributed by atoms with E-state index in [2.05, 4.69) is 184 Å². The van der Waals surface area contributed by atoms with Gasteiger partial charge in [-0.15, -0.1) is 0 Å². The Bertz CT molecular complexity index is 2070. The summed E-state index contributed by atoms with van der Waals surface area (Å²) >= 11 is 0. The van der Waals surface area contributed by atoms with Gasteiger partial charge in [-0.1, -0.05) is 287 Å². The highest BCUT2D eigenvalue weighted by atomic mass is 16.7. The minimum Gasteiger partial charge on any atom is -0.545 e. The van der Waals surface area contributed by atoms with Gasteiger partial charge in [-0.2, -0.15) is 0 Å². The SMILES string of the molecule is CC/C=C\C/C=C\C/C=C\C/C=C\C/C=C\C/C=C\C/C=C\CCCCCCCCCCCCCC(=O)OC(COC(=O)CCCCCCCCCCC/C=C\C/C=C\C/C=C\C/C=C\C/C=C\C/C=C\C/C=C\CC)COC(OCC[N+](C)(C)C)C(=O)[O-]. The molecular formula is C80H129NO8. The van der Waals surface area contributed by atoms with Gasteiger partial charge in [-0.25, -0.2) is 0 Å². The van der Waals surface area contributed by atoms with Crippen molar-refractivity contribution in [2.75, 3.05) is 47.5 Å². The standard InChI is InChI=1S/C80H129NO8/c1-6-8-10-12-14-16-18-20-22-24-26-28-30-32-34-36-38-39-41-43-45-47-49-51-53-55-57-59-61-63-65-67-69-71-78(83)89-76(75-88-80(79(84)85)86-73-72-81(3,4)5)74-87-77(82)70-68-66-64-62-60-58-56-54-52-50-48-46-44-42-40-37-35-33-31-29-27-25-23-21-19-17-15-13-11-9-7-2/h8-11,14-17,20-23,26-29,32-35,38-40,42-43,45-46,48,76,80H,6-7,12-13,18-19,24-25,30-31,36-37,41,44,47,49-75H2,1-5H3/b10-8-,11-9-,16-14-,17-15-,22-20-,23-21-,28-26-,29-27-,34-32-,35-33-,39-38-,42-40-,45-43-,48-46-. The third-order valence-corrected chi connectivity index (χ3v) is 14.5. The molecule has 502 valence electrons. The van der Waals surface area contributed by atoms with Gasteiger partial charge in [0.2, 0.25) is 0 Å². The molecule has 0 aliphatic carbocycles. The lowest BCUT2D eigenvalue weighted by molar-refractivity contribution is -0.870. The number of quaternary nitrogens is 1. The van der Waals surface area contributed by atoms with E-state index < -0.39 is 24.3 Å². The Kier molecular flexibility index (Phi) is 64.4. The number of esters is 2. The predicted molar refractivity (Wildman–Crippen MR) is 379 cm³/mol. The molecule has 0 aromatic heterocycles. The van der Waals surface area contributed by atoms with Gasteiger partial charge in [0.05, 0.1) is 40.3 Å². The highest BCUT2D eigenvalue weighted by Crippen LogP contribution is 2.16. The lowest BCUT2D eigenvalue weighted by Gasteiger charge is -2.26. The van der Waals surface area contributed by atoms with Gasteiger partial charge in [0.15, 0.2) is 12.4 Å². The van der Waals surface area contributed by atoms with Crippen LogP contribution in [-0.2, 0) is 33.3 Å². The van der Waals surface area contributed by atoms with Gasteiger partial charge in [0, 0.05) is 12.8 Å². The summed E-state index contributed by atoms with van der Waals surface area (Å²) in [5.74, 6) is -2.31. The quantitative estimate of drug-likeness (QED) is 0.0195. The van der Waals surface area contributed by atoms with E-state index in [4.69, 9.17) is 18.9 Å². The number of rotatable bonds is 63.